The molecule has 0 spiro atoms. The molecule has 0 fully saturated rings. The van der Waals surface area contributed by atoms with Crippen molar-refractivity contribution >= 4 is 60.4 Å². The predicted molar refractivity (Wildman–Crippen MR) is 286 cm³/mol. The number of nitrogens with zero attached hydrogens (tertiary/aromatic N) is 1. The summed E-state index contributed by atoms with van der Waals surface area (Å²) in [5.74, 6) is -7.94. The van der Waals surface area contributed by atoms with Crippen LogP contribution in [-0.4, -0.2) is 41.1 Å². The van der Waals surface area contributed by atoms with Gasteiger partial charge >= 0.3 is 0 Å². The Kier molecular flexibility index (Phi) is 16.8. The van der Waals surface area contributed by atoms with Gasteiger partial charge in [-0.25, -0.2) is 34.4 Å². The van der Waals surface area contributed by atoms with Crippen molar-refractivity contribution in [2.45, 2.75) is 127 Å². The number of ether oxygens (including phenoxy) is 1. The Morgan fingerprint density at radius 1 is 0.743 bits per heavy atom. The Bertz CT molecular complexity index is 3250. The van der Waals surface area contributed by atoms with E-state index in [4.69, 9.17) is 4.74 Å². The zero-order chi connectivity index (χ0) is 54.2. The van der Waals surface area contributed by atoms with Crippen LogP contribution in [0.3, 0.4) is 0 Å². The van der Waals surface area contributed by atoms with Gasteiger partial charge in [0.15, 0.2) is 23.3 Å². The van der Waals surface area contributed by atoms with Gasteiger partial charge in [0.25, 0.3) is 0 Å². The second-order valence-corrected chi connectivity index (χ2v) is 24.9. The van der Waals surface area contributed by atoms with E-state index >= 15 is 17.6 Å². The van der Waals surface area contributed by atoms with Crippen LogP contribution in [0.5, 0.6) is 5.75 Å². The van der Waals surface area contributed by atoms with Crippen molar-refractivity contribution in [3.8, 4) is 5.75 Å². The number of hydrogen-bond donors (Lipinski definition) is 3. The number of carbonyl (C=O) groups excluding carboxylic acids is 1. The molecule has 1 amide bonds. The molecule has 74 heavy (non-hydrogen) atoms. The lowest BCUT2D eigenvalue weighted by Crippen LogP contribution is -2.84. The molecule has 5 aromatic rings. The molecule has 394 valence electrons. The molecule has 2 aliphatic rings. The van der Waals surface area contributed by atoms with Crippen molar-refractivity contribution in [3.63, 3.8) is 0 Å². The fraction of sp³-hybridized carbons (Fsp3) is 0.351. The first kappa shape index (κ1) is 56.0. The van der Waals surface area contributed by atoms with Crippen LogP contribution in [0.1, 0.15) is 140 Å². The summed E-state index contributed by atoms with van der Waals surface area (Å²) in [5.41, 5.74) is 7.66. The molecule has 0 saturated carbocycles. The fourth-order valence-corrected chi connectivity index (χ4v) is 12.9. The lowest BCUT2D eigenvalue weighted by atomic mass is 9.86. The van der Waals surface area contributed by atoms with E-state index in [1.54, 1.807) is 26.8 Å². The first-order valence-electron chi connectivity index (χ1n) is 24.7. The van der Waals surface area contributed by atoms with Crippen LogP contribution in [-0.2, 0) is 24.8 Å². The van der Waals surface area contributed by atoms with Gasteiger partial charge in [0.1, 0.15) is 48.2 Å². The number of nitrogens with one attached hydrogen (secondary N) is 2. The Morgan fingerprint density at radius 3 is 1.88 bits per heavy atom. The van der Waals surface area contributed by atoms with Gasteiger partial charge in [0, 0.05) is 74.6 Å². The Balaban J connectivity index is 1.31. The van der Waals surface area contributed by atoms with Crippen LogP contribution in [0.4, 0.5) is 34.6 Å². The summed E-state index contributed by atoms with van der Waals surface area (Å²) in [6, 6.07) is 23.0. The van der Waals surface area contributed by atoms with Crippen molar-refractivity contribution in [1.82, 2.24) is 5.32 Å². The number of thioether (sulfide) groups is 1. The number of rotatable bonds is 19. The van der Waals surface area contributed by atoms with E-state index in [2.05, 4.69) is 106 Å². The number of quaternary nitrogens is 1. The quantitative estimate of drug-likeness (QED) is 0.0243. The standard InChI is InChI=1S/C57H63F4N4O6S3/c1-12-57(10,11)56(66)62-27-28-72-54-48(58)50(60)55(51(61)49(54)59)74(69,70)65-73(67,68)46-22-14-13-17-43(46)47-41-25-23-35(63-52-37(31(2)3)18-15-19-38(52)32(4)5)29-44(41)71-45-30-36(24-26-42(45)47)64-53-39(33(6)7)20-16-21-40(53)34(8)9/h13-26,29-35,63-64H,12,27-28H2,1-11H3,(H,62,66)/q-1/p+1. The molecule has 4 N–H and O–H groups in total. The molecule has 0 aromatic heterocycles. The molecule has 5 aromatic carbocycles. The first-order chi connectivity index (χ1) is 34.8. The van der Waals surface area contributed by atoms with Crippen molar-refractivity contribution < 1.29 is 49.2 Å². The highest BCUT2D eigenvalue weighted by Crippen LogP contribution is 2.48. The zero-order valence-electron chi connectivity index (χ0n) is 43.5. The second kappa shape index (κ2) is 22.2. The van der Waals surface area contributed by atoms with Gasteiger partial charge in [-0.05, 0) is 71.6 Å². The van der Waals surface area contributed by atoms with Crippen LogP contribution >= 0.6 is 11.8 Å². The number of nitrogens with two attached hydrogens (primary N) is 1. The number of sulfonamides is 2. The van der Waals surface area contributed by atoms with E-state index < -0.39 is 63.4 Å². The third kappa shape index (κ3) is 11.4. The zero-order valence-corrected chi connectivity index (χ0v) is 45.9. The summed E-state index contributed by atoms with van der Waals surface area (Å²) in [4.78, 5) is 8.38. The average molecular weight is 1070 g/mol. The number of carbonyl (C=O) groups is 1. The second-order valence-electron chi connectivity index (χ2n) is 20.4. The number of amides is 1. The number of allylic oxidation sites excluding steroid dienone is 1. The molecule has 17 heteroatoms. The van der Waals surface area contributed by atoms with Crippen LogP contribution in [0.2, 0.25) is 0 Å². The molecule has 10 nitrogen and oxygen atoms in total. The maximum Gasteiger partial charge on any atom is 0.225 e. The SMILES string of the molecule is CCC(C)(C)C(=O)NCCSc1c(F)c(F)c(S(=O)(=O)[N-]S(=O)(=O)c2ccccc2C2=C3C=CC([NH2+]c4c(C(C)C)cccc4C(C)C)C=C3Oc3cc(Nc4c(C(C)C)cccc4C(C)C)ccc32)c(F)c1F. The lowest BCUT2D eigenvalue weighted by Gasteiger charge is -2.30. The third-order valence-electron chi connectivity index (χ3n) is 13.5. The van der Waals surface area contributed by atoms with Crippen molar-refractivity contribution in [1.29, 1.82) is 0 Å². The minimum atomic E-state index is -6.03. The van der Waals surface area contributed by atoms with Crippen LogP contribution in [0.15, 0.2) is 123 Å². The molecule has 0 bridgehead atoms. The number of fused-ring (bicyclic) bond motifs is 2. The molecule has 1 aliphatic carbocycles. The molecule has 7 rings (SSSR count). The van der Waals surface area contributed by atoms with E-state index in [0.717, 1.165) is 28.6 Å². The van der Waals surface area contributed by atoms with E-state index in [1.807, 2.05) is 36.4 Å². The normalized spacial score (nSPS) is 14.9. The molecule has 0 radical (unpaired) electrons. The fourth-order valence-electron chi connectivity index (χ4n) is 9.05. The summed E-state index contributed by atoms with van der Waals surface area (Å²) in [7, 11) is -11.5. The summed E-state index contributed by atoms with van der Waals surface area (Å²) in [5, 5.41) is 8.39. The van der Waals surface area contributed by atoms with Crippen LogP contribution in [0.25, 0.3) is 9.70 Å². The third-order valence-corrected chi connectivity index (χ3v) is 17.9. The molecular formula is C57H64F4N4O6S3. The number of anilines is 2. The monoisotopic (exact) mass is 1070 g/mol. The average Bonchev–Trinajstić information content (AvgIpc) is 3.34. The van der Waals surface area contributed by atoms with E-state index in [1.165, 1.54) is 29.3 Å². The minimum Gasteiger partial charge on any atom is -0.456 e. The van der Waals surface area contributed by atoms with E-state index in [9.17, 15) is 21.6 Å². The molecule has 0 saturated heterocycles. The van der Waals surface area contributed by atoms with Crippen LogP contribution in [0, 0.1) is 28.7 Å². The van der Waals surface area contributed by atoms with Crippen molar-refractivity contribution in [2.75, 3.05) is 17.6 Å². The maximum atomic E-state index is 15.8. The predicted octanol–water partition coefficient (Wildman–Crippen LogP) is 13.5. The first-order valence-corrected chi connectivity index (χ1v) is 28.6. The summed E-state index contributed by atoms with van der Waals surface area (Å²) in [6.45, 7) is 22.1. The molecule has 1 unspecified atom stereocenters. The maximum absolute atomic E-state index is 15.8. The highest BCUT2D eigenvalue weighted by atomic mass is 32.3. The highest BCUT2D eigenvalue weighted by Gasteiger charge is 2.35. The molecule has 1 heterocycles. The topological polar surface area (TPSA) is 149 Å². The highest BCUT2D eigenvalue weighted by molar-refractivity contribution is 8.12. The van der Waals surface area contributed by atoms with Gasteiger partial charge in [-0.2, -0.15) is 0 Å². The number of hydrogen-bond acceptors (Lipinski definition) is 8. The van der Waals surface area contributed by atoms with Crippen LogP contribution < -0.4 is 20.7 Å². The van der Waals surface area contributed by atoms with Gasteiger partial charge in [-0.1, -0.05) is 131 Å². The van der Waals surface area contributed by atoms with E-state index in [-0.39, 0.29) is 53.5 Å². The summed E-state index contributed by atoms with van der Waals surface area (Å²) >= 11 is 0.301. The Morgan fingerprint density at radius 2 is 1.31 bits per heavy atom. The lowest BCUT2D eigenvalue weighted by molar-refractivity contribution is -0.589. The summed E-state index contributed by atoms with van der Waals surface area (Å²) in [6.07, 6.45) is 6.18. The van der Waals surface area contributed by atoms with Crippen molar-refractivity contribution in [2.24, 2.45) is 5.41 Å². The van der Waals surface area contributed by atoms with Gasteiger partial charge in [0.05, 0.1) is 9.79 Å². The van der Waals surface area contributed by atoms with Gasteiger partial charge < -0.3 is 24.8 Å². The van der Waals surface area contributed by atoms with Gasteiger partial charge in [-0.15, -0.1) is 11.8 Å². The number of benzene rings is 5. The Labute approximate surface area is 437 Å². The molecular weight excluding hydrogens is 1010 g/mol. The Hall–Kier alpha value is -5.72. The van der Waals surface area contributed by atoms with E-state index in [0.29, 0.717) is 52.1 Å². The number of para-hydroxylation sites is 2. The van der Waals surface area contributed by atoms with Crippen molar-refractivity contribution in [3.05, 3.63) is 169 Å². The molecule has 1 atom stereocenters. The van der Waals surface area contributed by atoms with Gasteiger partial charge in [-0.3, -0.25) is 4.79 Å². The largest absolute Gasteiger partial charge is 0.456 e. The number of halogens is 4. The summed E-state index contributed by atoms with van der Waals surface area (Å²) < 4.78 is 129. The molecule has 1 aliphatic heterocycles. The minimum absolute atomic E-state index is 0.0383. The van der Waals surface area contributed by atoms with Gasteiger partial charge in [0.2, 0.25) is 5.91 Å². The smallest absolute Gasteiger partial charge is 0.225 e.